The first-order valence-electron chi connectivity index (χ1n) is 4.79. The Morgan fingerprint density at radius 1 is 1.38 bits per heavy atom. The Balaban J connectivity index is 2.21. The maximum atomic E-state index is 3.37. The molecule has 13 heavy (non-hydrogen) atoms. The Hall–Kier alpha value is -0.630. The fourth-order valence-electron chi connectivity index (χ4n) is 1.63. The molecule has 0 spiro atoms. The lowest BCUT2D eigenvalue weighted by Crippen LogP contribution is -1.90. The van der Waals surface area contributed by atoms with Gasteiger partial charge in [-0.1, -0.05) is 13.8 Å². The third kappa shape index (κ3) is 1.99. The van der Waals surface area contributed by atoms with Crippen molar-refractivity contribution in [2.45, 2.75) is 30.4 Å². The summed E-state index contributed by atoms with van der Waals surface area (Å²) < 4.78 is 0. The van der Waals surface area contributed by atoms with Crippen LogP contribution in [0.5, 0.6) is 0 Å². The Morgan fingerprint density at radius 3 is 3.00 bits per heavy atom. The van der Waals surface area contributed by atoms with E-state index in [1.807, 2.05) is 11.8 Å². The Labute approximate surface area is 83.9 Å². The average molecular weight is 193 g/mol. The molecule has 0 bridgehead atoms. The monoisotopic (exact) mass is 193 g/mol. The first-order valence-corrected chi connectivity index (χ1v) is 5.67. The lowest BCUT2D eigenvalue weighted by Gasteiger charge is -2.06. The van der Waals surface area contributed by atoms with Crippen LogP contribution >= 0.6 is 11.8 Å². The molecular formula is C11H15NS. The zero-order valence-corrected chi connectivity index (χ0v) is 8.95. The summed E-state index contributed by atoms with van der Waals surface area (Å²) in [6.07, 6.45) is 1.18. The van der Waals surface area contributed by atoms with E-state index >= 15 is 0 Å². The van der Waals surface area contributed by atoms with Gasteiger partial charge >= 0.3 is 0 Å². The molecule has 0 saturated carbocycles. The summed E-state index contributed by atoms with van der Waals surface area (Å²) in [7, 11) is 0. The van der Waals surface area contributed by atoms with Crippen molar-refractivity contribution in [2.24, 2.45) is 0 Å². The number of fused-ring (bicyclic) bond motifs is 1. The van der Waals surface area contributed by atoms with Gasteiger partial charge in [0.25, 0.3) is 0 Å². The molecule has 1 aromatic rings. The van der Waals surface area contributed by atoms with Crippen molar-refractivity contribution in [1.29, 1.82) is 0 Å². The van der Waals surface area contributed by atoms with Gasteiger partial charge in [0.2, 0.25) is 0 Å². The van der Waals surface area contributed by atoms with Gasteiger partial charge in [0.1, 0.15) is 0 Å². The van der Waals surface area contributed by atoms with Gasteiger partial charge in [-0.25, -0.2) is 0 Å². The first-order chi connectivity index (χ1) is 6.25. The fourth-order valence-corrected chi connectivity index (χ4v) is 2.53. The van der Waals surface area contributed by atoms with Crippen molar-refractivity contribution in [2.75, 3.05) is 11.9 Å². The van der Waals surface area contributed by atoms with Crippen LogP contribution in [0.2, 0.25) is 0 Å². The van der Waals surface area contributed by atoms with Crippen molar-refractivity contribution in [3.63, 3.8) is 0 Å². The summed E-state index contributed by atoms with van der Waals surface area (Å²) in [5, 5.41) is 4.04. The minimum Gasteiger partial charge on any atom is -0.384 e. The quantitative estimate of drug-likeness (QED) is 0.724. The summed E-state index contributed by atoms with van der Waals surface area (Å²) in [4.78, 5) is 1.40. The second kappa shape index (κ2) is 3.62. The van der Waals surface area contributed by atoms with E-state index in [1.54, 1.807) is 0 Å². The summed E-state index contributed by atoms with van der Waals surface area (Å²) in [5.41, 5.74) is 2.80. The molecule has 70 valence electrons. The van der Waals surface area contributed by atoms with E-state index in [1.165, 1.54) is 22.6 Å². The molecule has 1 aliphatic heterocycles. The number of rotatable bonds is 2. The Morgan fingerprint density at radius 2 is 2.23 bits per heavy atom. The number of thioether (sulfide) groups is 1. The average Bonchev–Trinajstić information content (AvgIpc) is 2.49. The third-order valence-electron chi connectivity index (χ3n) is 2.16. The number of anilines is 1. The summed E-state index contributed by atoms with van der Waals surface area (Å²) in [5.74, 6) is 0. The van der Waals surface area contributed by atoms with E-state index in [2.05, 4.69) is 37.4 Å². The van der Waals surface area contributed by atoms with Gasteiger partial charge in [0, 0.05) is 22.4 Å². The molecule has 0 unspecified atom stereocenters. The molecule has 0 aromatic heterocycles. The van der Waals surface area contributed by atoms with Crippen molar-refractivity contribution in [3.05, 3.63) is 23.8 Å². The van der Waals surface area contributed by atoms with Gasteiger partial charge in [-0.2, -0.15) is 0 Å². The highest BCUT2D eigenvalue weighted by Crippen LogP contribution is 2.29. The minimum atomic E-state index is 0.674. The van der Waals surface area contributed by atoms with Gasteiger partial charge in [0.15, 0.2) is 0 Å². The molecule has 2 rings (SSSR count). The largest absolute Gasteiger partial charge is 0.384 e. The van der Waals surface area contributed by atoms with E-state index in [4.69, 9.17) is 0 Å². The molecule has 2 heteroatoms. The van der Waals surface area contributed by atoms with Gasteiger partial charge in [-0.05, 0) is 30.2 Å². The van der Waals surface area contributed by atoms with Gasteiger partial charge in [0.05, 0.1) is 0 Å². The molecule has 1 N–H and O–H groups in total. The Bertz CT molecular complexity index is 307. The number of hydrogen-bond donors (Lipinski definition) is 1. The normalized spacial score (nSPS) is 14.4. The molecule has 0 atom stereocenters. The van der Waals surface area contributed by atoms with Crippen LogP contribution in [0.25, 0.3) is 0 Å². The second-order valence-corrected chi connectivity index (χ2v) is 5.31. The number of hydrogen-bond acceptors (Lipinski definition) is 2. The molecule has 1 aromatic carbocycles. The molecule has 1 heterocycles. The van der Waals surface area contributed by atoms with Crippen LogP contribution in [0.1, 0.15) is 19.4 Å². The highest BCUT2D eigenvalue weighted by atomic mass is 32.2. The summed E-state index contributed by atoms with van der Waals surface area (Å²) in [6, 6.07) is 6.73. The fraction of sp³-hybridized carbons (Fsp3) is 0.455. The lowest BCUT2D eigenvalue weighted by molar-refractivity contribution is 1.09. The maximum absolute atomic E-state index is 3.37. The molecular weight excluding hydrogens is 178 g/mol. The zero-order valence-electron chi connectivity index (χ0n) is 8.13. The van der Waals surface area contributed by atoms with E-state index < -0.39 is 0 Å². The van der Waals surface area contributed by atoms with E-state index in [0.717, 1.165) is 6.54 Å². The zero-order chi connectivity index (χ0) is 9.26. The predicted octanol–water partition coefficient (Wildman–Crippen LogP) is 3.16. The molecule has 0 amide bonds. The smallest absolute Gasteiger partial charge is 0.0374 e. The molecule has 1 nitrogen and oxygen atoms in total. The van der Waals surface area contributed by atoms with Crippen LogP contribution in [0.4, 0.5) is 5.69 Å². The number of benzene rings is 1. The molecule has 1 aliphatic rings. The van der Waals surface area contributed by atoms with Crippen molar-refractivity contribution in [3.8, 4) is 0 Å². The van der Waals surface area contributed by atoms with Crippen molar-refractivity contribution < 1.29 is 0 Å². The van der Waals surface area contributed by atoms with Gasteiger partial charge in [-0.3, -0.25) is 0 Å². The van der Waals surface area contributed by atoms with Crippen molar-refractivity contribution >= 4 is 17.4 Å². The second-order valence-electron chi connectivity index (χ2n) is 3.66. The lowest BCUT2D eigenvalue weighted by atomic mass is 10.2. The summed E-state index contributed by atoms with van der Waals surface area (Å²) >= 11 is 1.94. The molecule has 0 saturated heterocycles. The Kier molecular flexibility index (Phi) is 2.49. The SMILES string of the molecule is CC(C)Sc1ccc2c(c1)CCN2. The van der Waals surface area contributed by atoms with Crippen molar-refractivity contribution in [1.82, 2.24) is 0 Å². The first kappa shape index (κ1) is 8.95. The predicted molar refractivity (Wildman–Crippen MR) is 59.6 cm³/mol. The van der Waals surface area contributed by atoms with Crippen LogP contribution in [0, 0.1) is 0 Å². The van der Waals surface area contributed by atoms with Gasteiger partial charge < -0.3 is 5.32 Å². The van der Waals surface area contributed by atoms with Crippen LogP contribution in [0.3, 0.4) is 0 Å². The minimum absolute atomic E-state index is 0.674. The van der Waals surface area contributed by atoms with Gasteiger partial charge in [-0.15, -0.1) is 11.8 Å². The molecule has 0 fully saturated rings. The topological polar surface area (TPSA) is 12.0 Å². The highest BCUT2D eigenvalue weighted by Gasteiger charge is 2.10. The molecule has 0 radical (unpaired) electrons. The van der Waals surface area contributed by atoms with Crippen LogP contribution < -0.4 is 5.32 Å². The van der Waals surface area contributed by atoms with Crippen LogP contribution in [0.15, 0.2) is 23.1 Å². The highest BCUT2D eigenvalue weighted by molar-refractivity contribution is 7.99. The van der Waals surface area contributed by atoms with E-state index in [-0.39, 0.29) is 0 Å². The molecule has 0 aliphatic carbocycles. The van der Waals surface area contributed by atoms with E-state index in [9.17, 15) is 0 Å². The maximum Gasteiger partial charge on any atom is 0.0374 e. The standard InChI is InChI=1S/C11H15NS/c1-8(2)13-10-3-4-11-9(7-10)5-6-12-11/h3-4,7-8,12H,5-6H2,1-2H3. The third-order valence-corrected chi connectivity index (χ3v) is 3.16. The van der Waals surface area contributed by atoms with Crippen LogP contribution in [-0.2, 0) is 6.42 Å². The number of nitrogens with one attached hydrogen (secondary N) is 1. The van der Waals surface area contributed by atoms with E-state index in [0.29, 0.717) is 5.25 Å². The summed E-state index contributed by atoms with van der Waals surface area (Å²) in [6.45, 7) is 5.57. The van der Waals surface area contributed by atoms with Crippen LogP contribution in [-0.4, -0.2) is 11.8 Å².